The third-order valence-corrected chi connectivity index (χ3v) is 5.57. The molecule has 0 heterocycles. The molecule has 1 aromatic carbocycles. The van der Waals surface area contributed by atoms with Crippen LogP contribution >= 0.6 is 0 Å². The van der Waals surface area contributed by atoms with Crippen LogP contribution in [0.3, 0.4) is 0 Å². The van der Waals surface area contributed by atoms with Gasteiger partial charge in [-0.1, -0.05) is 0 Å². The molecule has 0 saturated heterocycles. The zero-order valence-corrected chi connectivity index (χ0v) is 12.3. The Morgan fingerprint density at radius 1 is 1.45 bits per heavy atom. The minimum atomic E-state index is -3.90. The van der Waals surface area contributed by atoms with Crippen molar-refractivity contribution in [2.75, 3.05) is 19.3 Å². The molecule has 5 nitrogen and oxygen atoms in total. The number of benzene rings is 1. The molecular weight excluding hydrogens is 283 g/mol. The Kier molecular flexibility index (Phi) is 4.04. The van der Waals surface area contributed by atoms with Crippen molar-refractivity contribution in [1.82, 2.24) is 4.31 Å². The number of aliphatic hydroxyl groups is 1. The Hall–Kier alpha value is -1.18. The second-order valence-electron chi connectivity index (χ2n) is 5.42. The van der Waals surface area contributed by atoms with E-state index >= 15 is 0 Å². The average Bonchev–Trinajstić information content (AvgIpc) is 2.31. The molecule has 1 aromatic rings. The molecule has 3 N–H and O–H groups in total. The first-order valence-corrected chi connectivity index (χ1v) is 7.86. The highest BCUT2D eigenvalue weighted by Crippen LogP contribution is 2.30. The number of hydrogen-bond donors (Lipinski definition) is 2. The maximum Gasteiger partial charge on any atom is 0.245 e. The van der Waals surface area contributed by atoms with Gasteiger partial charge in [0, 0.05) is 19.3 Å². The summed E-state index contributed by atoms with van der Waals surface area (Å²) in [4.78, 5) is -0.400. The van der Waals surface area contributed by atoms with Crippen LogP contribution in [0.4, 0.5) is 10.1 Å². The minimum Gasteiger partial charge on any atom is -0.398 e. The van der Waals surface area contributed by atoms with Crippen molar-refractivity contribution in [1.29, 1.82) is 0 Å². The number of anilines is 1. The van der Waals surface area contributed by atoms with Gasteiger partial charge in [0.2, 0.25) is 10.0 Å². The Morgan fingerprint density at radius 3 is 2.60 bits per heavy atom. The van der Waals surface area contributed by atoms with Crippen molar-refractivity contribution in [2.24, 2.45) is 5.92 Å². The first kappa shape index (κ1) is 15.2. The van der Waals surface area contributed by atoms with Gasteiger partial charge in [-0.15, -0.1) is 0 Å². The summed E-state index contributed by atoms with van der Waals surface area (Å²) in [7, 11) is -2.49. The number of sulfonamides is 1. The molecule has 0 aromatic heterocycles. The molecule has 1 aliphatic carbocycles. The summed E-state index contributed by atoms with van der Waals surface area (Å²) in [5.41, 5.74) is 6.41. The lowest BCUT2D eigenvalue weighted by Gasteiger charge is -2.34. The second kappa shape index (κ2) is 5.31. The molecule has 0 amide bonds. The van der Waals surface area contributed by atoms with E-state index in [1.165, 1.54) is 7.05 Å². The quantitative estimate of drug-likeness (QED) is 0.816. The van der Waals surface area contributed by atoms with E-state index in [4.69, 9.17) is 5.73 Å². The topological polar surface area (TPSA) is 83.6 Å². The Bertz CT molecular complexity index is 612. The average molecular weight is 302 g/mol. The largest absolute Gasteiger partial charge is 0.398 e. The van der Waals surface area contributed by atoms with Gasteiger partial charge in [-0.05, 0) is 43.4 Å². The van der Waals surface area contributed by atoms with Crippen LogP contribution in [0, 0.1) is 18.7 Å². The molecule has 0 bridgehead atoms. The fourth-order valence-electron chi connectivity index (χ4n) is 2.35. The summed E-state index contributed by atoms with van der Waals surface area (Å²) in [6.07, 6.45) is 0.819. The molecule has 1 saturated carbocycles. The molecule has 2 rings (SSSR count). The molecule has 0 spiro atoms. The normalized spacial score (nSPS) is 22.9. The molecule has 0 aliphatic heterocycles. The monoisotopic (exact) mass is 302 g/mol. The van der Waals surface area contributed by atoms with Crippen LogP contribution < -0.4 is 5.73 Å². The molecule has 20 heavy (non-hydrogen) atoms. The molecular formula is C13H19FN2O3S. The maximum atomic E-state index is 13.9. The van der Waals surface area contributed by atoms with E-state index < -0.39 is 20.7 Å². The van der Waals surface area contributed by atoms with Crippen LogP contribution in [0.1, 0.15) is 18.4 Å². The smallest absolute Gasteiger partial charge is 0.245 e. The fraction of sp³-hybridized carbons (Fsp3) is 0.538. The molecule has 0 unspecified atom stereocenters. The third-order valence-electron chi connectivity index (χ3n) is 3.73. The molecule has 7 heteroatoms. The fourth-order valence-corrected chi connectivity index (χ4v) is 3.67. The number of aliphatic hydroxyl groups excluding tert-OH is 1. The van der Waals surface area contributed by atoms with E-state index in [0.717, 1.165) is 16.4 Å². The number of nitrogen functional groups attached to an aromatic ring is 1. The van der Waals surface area contributed by atoms with Gasteiger partial charge < -0.3 is 10.8 Å². The number of aryl methyl sites for hydroxylation is 1. The summed E-state index contributed by atoms with van der Waals surface area (Å²) in [6, 6.07) is 2.29. The maximum absolute atomic E-state index is 13.9. The highest BCUT2D eigenvalue weighted by atomic mass is 32.2. The van der Waals surface area contributed by atoms with Crippen LogP contribution in [0.2, 0.25) is 0 Å². The number of hydrogen-bond acceptors (Lipinski definition) is 4. The van der Waals surface area contributed by atoms with E-state index in [1.807, 2.05) is 0 Å². The molecule has 0 radical (unpaired) electrons. The van der Waals surface area contributed by atoms with Crippen LogP contribution in [0.15, 0.2) is 17.0 Å². The Labute approximate surface area is 118 Å². The van der Waals surface area contributed by atoms with Crippen molar-refractivity contribution >= 4 is 15.7 Å². The van der Waals surface area contributed by atoms with E-state index in [2.05, 4.69) is 0 Å². The van der Waals surface area contributed by atoms with Crippen LogP contribution in [0.5, 0.6) is 0 Å². The van der Waals surface area contributed by atoms with Crippen LogP contribution in [0.25, 0.3) is 0 Å². The summed E-state index contributed by atoms with van der Waals surface area (Å²) in [5, 5.41) is 9.22. The van der Waals surface area contributed by atoms with Gasteiger partial charge in [0.25, 0.3) is 0 Å². The van der Waals surface area contributed by atoms with Gasteiger partial charge in [0.15, 0.2) is 0 Å². The zero-order chi connectivity index (χ0) is 15.1. The number of halogens is 1. The lowest BCUT2D eigenvalue weighted by Crippen LogP contribution is -2.39. The number of nitrogens with two attached hydrogens (primary N) is 1. The van der Waals surface area contributed by atoms with E-state index in [9.17, 15) is 17.9 Å². The second-order valence-corrected chi connectivity index (χ2v) is 7.43. The first-order valence-electron chi connectivity index (χ1n) is 6.42. The van der Waals surface area contributed by atoms with Gasteiger partial charge in [-0.3, -0.25) is 0 Å². The van der Waals surface area contributed by atoms with Gasteiger partial charge >= 0.3 is 0 Å². The molecule has 1 fully saturated rings. The van der Waals surface area contributed by atoms with Crippen LogP contribution in [-0.4, -0.2) is 37.5 Å². The zero-order valence-electron chi connectivity index (χ0n) is 11.5. The highest BCUT2D eigenvalue weighted by Gasteiger charge is 2.32. The summed E-state index contributed by atoms with van der Waals surface area (Å²) in [5.74, 6) is -0.673. The van der Waals surface area contributed by atoms with E-state index in [1.54, 1.807) is 6.92 Å². The molecule has 112 valence electrons. The van der Waals surface area contributed by atoms with E-state index in [0.29, 0.717) is 18.4 Å². The third kappa shape index (κ3) is 2.79. The number of nitrogens with zero attached hydrogens (tertiary/aromatic N) is 1. The van der Waals surface area contributed by atoms with Gasteiger partial charge in [0.05, 0.1) is 6.10 Å². The summed E-state index contributed by atoms with van der Waals surface area (Å²) < 4.78 is 39.7. The van der Waals surface area contributed by atoms with Crippen molar-refractivity contribution in [3.63, 3.8) is 0 Å². The van der Waals surface area contributed by atoms with Crippen molar-refractivity contribution in [3.05, 3.63) is 23.5 Å². The predicted molar refractivity (Wildman–Crippen MR) is 74.1 cm³/mol. The lowest BCUT2D eigenvalue weighted by molar-refractivity contribution is 0.0367. The first-order chi connectivity index (χ1) is 9.21. The predicted octanol–water partition coefficient (Wildman–Crippen LogP) is 1.11. The van der Waals surface area contributed by atoms with Gasteiger partial charge in [0.1, 0.15) is 10.7 Å². The van der Waals surface area contributed by atoms with Crippen molar-refractivity contribution in [3.8, 4) is 0 Å². The summed E-state index contributed by atoms with van der Waals surface area (Å²) >= 11 is 0. The molecule has 0 atom stereocenters. The molecule has 1 aliphatic rings. The highest BCUT2D eigenvalue weighted by molar-refractivity contribution is 7.89. The minimum absolute atomic E-state index is 0.121. The van der Waals surface area contributed by atoms with Crippen molar-refractivity contribution < 1.29 is 17.9 Å². The Balaban J connectivity index is 2.23. The summed E-state index contributed by atoms with van der Waals surface area (Å²) in [6.45, 7) is 1.89. The number of rotatable bonds is 4. The Morgan fingerprint density at radius 2 is 2.05 bits per heavy atom. The standard InChI is InChI=1S/C13H19FN2O3S/c1-8-3-11(14)13(6-12(8)15)20(18,19)16(2)7-9-4-10(17)5-9/h3,6,9-10,17H,4-5,7,15H2,1-2H3. The van der Waals surface area contributed by atoms with E-state index in [-0.39, 0.29) is 24.3 Å². The SMILES string of the molecule is Cc1cc(F)c(S(=O)(=O)N(C)CC2CC(O)C2)cc1N. The van der Waals surface area contributed by atoms with Crippen molar-refractivity contribution in [2.45, 2.75) is 30.8 Å². The van der Waals surface area contributed by atoms with Gasteiger partial charge in [-0.25, -0.2) is 17.1 Å². The van der Waals surface area contributed by atoms with Crippen LogP contribution in [-0.2, 0) is 10.0 Å². The van der Waals surface area contributed by atoms with Gasteiger partial charge in [-0.2, -0.15) is 0 Å². The lowest BCUT2D eigenvalue weighted by atomic mass is 9.82.